The van der Waals surface area contributed by atoms with E-state index in [9.17, 15) is 0 Å². The molecule has 0 radical (unpaired) electrons. The van der Waals surface area contributed by atoms with Crippen molar-refractivity contribution in [3.63, 3.8) is 0 Å². The normalized spacial score (nSPS) is 19.2. The molecule has 0 unspecified atom stereocenters. The molecule has 0 amide bonds. The predicted octanol–water partition coefficient (Wildman–Crippen LogP) is 2.26. The maximum absolute atomic E-state index is 5.86. The van der Waals surface area contributed by atoms with E-state index in [-0.39, 0.29) is 6.10 Å². The number of methoxy groups -OCH3 is 1. The third kappa shape index (κ3) is 2.98. The molecule has 2 aromatic rings. The summed E-state index contributed by atoms with van der Waals surface area (Å²) in [5.41, 5.74) is 1.21. The number of morpholine rings is 1. The van der Waals surface area contributed by atoms with Crippen molar-refractivity contribution < 1.29 is 9.47 Å². The van der Waals surface area contributed by atoms with Crippen LogP contribution in [0.3, 0.4) is 0 Å². The predicted molar refractivity (Wildman–Crippen MR) is 78.0 cm³/mol. The summed E-state index contributed by atoms with van der Waals surface area (Å²) in [6.07, 6.45) is 0.0970. The molecule has 1 aliphatic heterocycles. The summed E-state index contributed by atoms with van der Waals surface area (Å²) in [4.78, 5) is 6.74. The molecule has 1 aliphatic rings. The highest BCUT2D eigenvalue weighted by Gasteiger charge is 2.24. The Labute approximate surface area is 122 Å². The van der Waals surface area contributed by atoms with Gasteiger partial charge in [0.2, 0.25) is 5.13 Å². The van der Waals surface area contributed by atoms with Crippen LogP contribution in [0.5, 0.6) is 0 Å². The summed E-state index contributed by atoms with van der Waals surface area (Å²) < 4.78 is 15.2. The Morgan fingerprint density at radius 3 is 3.05 bits per heavy atom. The molecule has 20 heavy (non-hydrogen) atoms. The highest BCUT2D eigenvalue weighted by Crippen LogP contribution is 2.27. The van der Waals surface area contributed by atoms with Gasteiger partial charge in [-0.3, -0.25) is 0 Å². The average Bonchev–Trinajstić information content (AvgIpc) is 2.97. The summed E-state index contributed by atoms with van der Waals surface area (Å²) in [7, 11) is 1.65. The standard InChI is InChI=1S/C14H17N3O2S/c1-18-10-13-15-14(20-16-13)17-7-8-19-12(9-17)11-5-3-2-4-6-11/h2-6,12H,7-10H2,1H3/t12-/m1/s1. The van der Waals surface area contributed by atoms with Crippen LogP contribution in [0.25, 0.3) is 0 Å². The van der Waals surface area contributed by atoms with Crippen LogP contribution in [-0.4, -0.2) is 36.2 Å². The van der Waals surface area contributed by atoms with Gasteiger partial charge in [-0.2, -0.15) is 4.37 Å². The molecule has 1 saturated heterocycles. The second-order valence-corrected chi connectivity index (χ2v) is 5.37. The van der Waals surface area contributed by atoms with Gasteiger partial charge in [0.15, 0.2) is 5.82 Å². The molecule has 106 valence electrons. The summed E-state index contributed by atoms with van der Waals surface area (Å²) in [5.74, 6) is 0.746. The number of aromatic nitrogens is 2. The lowest BCUT2D eigenvalue weighted by atomic mass is 10.1. The van der Waals surface area contributed by atoms with Crippen LogP contribution in [0.2, 0.25) is 0 Å². The Morgan fingerprint density at radius 1 is 1.40 bits per heavy atom. The molecule has 6 heteroatoms. The van der Waals surface area contributed by atoms with Crippen molar-refractivity contribution in [3.8, 4) is 0 Å². The molecule has 1 aromatic carbocycles. The first-order valence-corrected chi connectivity index (χ1v) is 7.37. The summed E-state index contributed by atoms with van der Waals surface area (Å²) >= 11 is 1.42. The molecule has 3 rings (SSSR count). The first kappa shape index (κ1) is 13.5. The second kappa shape index (κ2) is 6.30. The average molecular weight is 291 g/mol. The quantitative estimate of drug-likeness (QED) is 0.865. The van der Waals surface area contributed by atoms with Gasteiger partial charge in [0.25, 0.3) is 0 Å². The van der Waals surface area contributed by atoms with E-state index in [4.69, 9.17) is 9.47 Å². The number of benzene rings is 1. The zero-order valence-corrected chi connectivity index (χ0v) is 12.2. The Morgan fingerprint density at radius 2 is 2.25 bits per heavy atom. The Bertz CT molecular complexity index is 546. The van der Waals surface area contributed by atoms with E-state index in [0.717, 1.165) is 24.0 Å². The molecule has 1 aromatic heterocycles. The number of ether oxygens (including phenoxy) is 2. The minimum absolute atomic E-state index is 0.0970. The first-order chi connectivity index (χ1) is 9.86. The third-order valence-corrected chi connectivity index (χ3v) is 4.05. The molecule has 0 saturated carbocycles. The van der Waals surface area contributed by atoms with Gasteiger partial charge in [-0.05, 0) is 5.56 Å². The van der Waals surface area contributed by atoms with Gasteiger partial charge in [0.1, 0.15) is 12.7 Å². The van der Waals surface area contributed by atoms with Crippen molar-refractivity contribution in [1.82, 2.24) is 9.36 Å². The lowest BCUT2D eigenvalue weighted by Crippen LogP contribution is -2.38. The second-order valence-electron chi connectivity index (χ2n) is 4.64. The highest BCUT2D eigenvalue weighted by molar-refractivity contribution is 7.09. The van der Waals surface area contributed by atoms with Gasteiger partial charge in [-0.25, -0.2) is 4.98 Å². The SMILES string of the molecule is COCc1nsc(N2CCO[C@@H](c3ccccc3)C2)n1. The maximum Gasteiger partial charge on any atom is 0.205 e. The molecule has 1 fully saturated rings. The van der Waals surface area contributed by atoms with Crippen molar-refractivity contribution in [1.29, 1.82) is 0 Å². The van der Waals surface area contributed by atoms with Crippen molar-refractivity contribution in [2.75, 3.05) is 31.7 Å². The van der Waals surface area contributed by atoms with Crippen molar-refractivity contribution in [3.05, 3.63) is 41.7 Å². The number of rotatable bonds is 4. The van der Waals surface area contributed by atoms with Crippen LogP contribution in [0.4, 0.5) is 5.13 Å². The third-order valence-electron chi connectivity index (χ3n) is 3.24. The van der Waals surface area contributed by atoms with Crippen LogP contribution >= 0.6 is 11.5 Å². The Kier molecular flexibility index (Phi) is 4.25. The van der Waals surface area contributed by atoms with Crippen molar-refractivity contribution in [2.24, 2.45) is 0 Å². The van der Waals surface area contributed by atoms with Crippen LogP contribution in [0, 0.1) is 0 Å². The van der Waals surface area contributed by atoms with Crippen LogP contribution in [0.1, 0.15) is 17.5 Å². The molecule has 2 heterocycles. The number of hydrogen-bond acceptors (Lipinski definition) is 6. The minimum Gasteiger partial charge on any atom is -0.377 e. The largest absolute Gasteiger partial charge is 0.377 e. The molecule has 0 N–H and O–H groups in total. The van der Waals surface area contributed by atoms with E-state index in [1.165, 1.54) is 17.1 Å². The zero-order chi connectivity index (χ0) is 13.8. The van der Waals surface area contributed by atoms with E-state index >= 15 is 0 Å². The van der Waals surface area contributed by atoms with Crippen LogP contribution < -0.4 is 4.90 Å². The lowest BCUT2D eigenvalue weighted by molar-refractivity contribution is 0.0397. The van der Waals surface area contributed by atoms with E-state index in [0.29, 0.717) is 13.2 Å². The van der Waals surface area contributed by atoms with Gasteiger partial charge < -0.3 is 14.4 Å². The fourth-order valence-corrected chi connectivity index (χ4v) is 2.96. The fourth-order valence-electron chi connectivity index (χ4n) is 2.25. The summed E-state index contributed by atoms with van der Waals surface area (Å²) in [6, 6.07) is 10.3. The van der Waals surface area contributed by atoms with Gasteiger partial charge in [-0.1, -0.05) is 30.3 Å². The number of anilines is 1. The summed E-state index contributed by atoms with van der Waals surface area (Å²) in [6.45, 7) is 2.83. The lowest BCUT2D eigenvalue weighted by Gasteiger charge is -2.32. The molecule has 1 atom stereocenters. The fraction of sp³-hybridized carbons (Fsp3) is 0.429. The molecule has 5 nitrogen and oxygen atoms in total. The monoisotopic (exact) mass is 291 g/mol. The van der Waals surface area contributed by atoms with Crippen molar-refractivity contribution >= 4 is 16.7 Å². The van der Waals surface area contributed by atoms with Gasteiger partial charge in [-0.15, -0.1) is 0 Å². The Hall–Kier alpha value is -1.50. The minimum atomic E-state index is 0.0970. The molecular formula is C14H17N3O2S. The van der Waals surface area contributed by atoms with E-state index < -0.39 is 0 Å². The first-order valence-electron chi connectivity index (χ1n) is 6.60. The van der Waals surface area contributed by atoms with E-state index in [2.05, 4.69) is 26.4 Å². The molecule has 0 bridgehead atoms. The highest BCUT2D eigenvalue weighted by atomic mass is 32.1. The van der Waals surface area contributed by atoms with Crippen LogP contribution in [-0.2, 0) is 16.1 Å². The Balaban J connectivity index is 1.71. The van der Waals surface area contributed by atoms with Crippen molar-refractivity contribution in [2.45, 2.75) is 12.7 Å². The molecular weight excluding hydrogens is 274 g/mol. The zero-order valence-electron chi connectivity index (χ0n) is 11.4. The van der Waals surface area contributed by atoms with Gasteiger partial charge in [0, 0.05) is 25.2 Å². The number of nitrogens with zero attached hydrogens (tertiary/aromatic N) is 3. The van der Waals surface area contributed by atoms with E-state index in [1.807, 2.05) is 18.2 Å². The topological polar surface area (TPSA) is 47.5 Å². The van der Waals surface area contributed by atoms with Gasteiger partial charge in [0.05, 0.1) is 13.2 Å². The maximum atomic E-state index is 5.86. The molecule has 0 aliphatic carbocycles. The van der Waals surface area contributed by atoms with E-state index in [1.54, 1.807) is 7.11 Å². The molecule has 0 spiro atoms. The summed E-state index contributed by atoms with van der Waals surface area (Å²) in [5, 5.41) is 0.946. The van der Waals surface area contributed by atoms with Crippen LogP contribution in [0.15, 0.2) is 30.3 Å². The smallest absolute Gasteiger partial charge is 0.205 e. The number of hydrogen-bond donors (Lipinski definition) is 0. The van der Waals surface area contributed by atoms with Gasteiger partial charge >= 0.3 is 0 Å².